The van der Waals surface area contributed by atoms with E-state index in [2.05, 4.69) is 4.98 Å². The number of aromatic nitrogens is 1. The van der Waals surface area contributed by atoms with Crippen molar-refractivity contribution in [2.24, 2.45) is 0 Å². The second-order valence-corrected chi connectivity index (χ2v) is 7.21. The van der Waals surface area contributed by atoms with E-state index in [-0.39, 0.29) is 11.3 Å². The van der Waals surface area contributed by atoms with Gasteiger partial charge < -0.3 is 5.11 Å². The molecule has 3 aromatic rings. The van der Waals surface area contributed by atoms with Crippen molar-refractivity contribution in [3.8, 4) is 0 Å². The van der Waals surface area contributed by atoms with Crippen molar-refractivity contribution >= 4 is 45.5 Å². The normalized spacial score (nSPS) is 18.9. The molecule has 7 heteroatoms. The first-order valence-electron chi connectivity index (χ1n) is 8.09. The maximum Gasteiger partial charge on any atom is 0.301 e. The molecule has 1 fully saturated rings. The summed E-state index contributed by atoms with van der Waals surface area (Å²) in [6.45, 7) is 0. The van der Waals surface area contributed by atoms with E-state index in [9.17, 15) is 14.7 Å². The van der Waals surface area contributed by atoms with Crippen LogP contribution >= 0.6 is 22.9 Å². The molecule has 5 nitrogen and oxygen atoms in total. The number of carbonyl (C=O) groups is 2. The maximum absolute atomic E-state index is 12.8. The number of benzene rings is 2. The van der Waals surface area contributed by atoms with Crippen LogP contribution in [-0.4, -0.2) is 21.8 Å². The van der Waals surface area contributed by atoms with E-state index in [0.29, 0.717) is 21.3 Å². The number of hydrogen-bond acceptors (Lipinski definition) is 5. The standard InChI is InChI=1S/C20H13ClN2O3S/c21-14-8-6-12(7-9-14)16-15(17(24)13-4-2-1-3-5-13)18(25)19(26)23(16)20-22-10-11-27-20/h1-11,16,24H/t16-/m1/s1. The summed E-state index contributed by atoms with van der Waals surface area (Å²) in [6.07, 6.45) is 1.56. The van der Waals surface area contributed by atoms with E-state index in [1.165, 1.54) is 16.2 Å². The van der Waals surface area contributed by atoms with Crippen LogP contribution in [0, 0.1) is 0 Å². The summed E-state index contributed by atoms with van der Waals surface area (Å²) in [5, 5.41) is 13.5. The fraction of sp³-hybridized carbons (Fsp3) is 0.0500. The Hall–Kier alpha value is -2.96. The van der Waals surface area contributed by atoms with Crippen LogP contribution in [0.4, 0.5) is 5.13 Å². The molecule has 4 rings (SSSR count). The van der Waals surface area contributed by atoms with Gasteiger partial charge in [0.15, 0.2) is 5.13 Å². The Kier molecular flexibility index (Phi) is 4.51. The number of rotatable bonds is 3. The van der Waals surface area contributed by atoms with Gasteiger partial charge in [0.05, 0.1) is 11.6 Å². The number of Topliss-reactive ketones (excluding diaryl/α,β-unsaturated/α-hetero) is 1. The molecule has 0 unspecified atom stereocenters. The number of carbonyl (C=O) groups excluding carboxylic acids is 2. The summed E-state index contributed by atoms with van der Waals surface area (Å²) in [4.78, 5) is 31.1. The van der Waals surface area contributed by atoms with E-state index in [0.717, 1.165) is 0 Å². The Labute approximate surface area is 164 Å². The number of halogens is 1. The van der Waals surface area contributed by atoms with Gasteiger partial charge in [-0.2, -0.15) is 0 Å². The Balaban J connectivity index is 1.94. The quantitative estimate of drug-likeness (QED) is 0.404. The van der Waals surface area contributed by atoms with Gasteiger partial charge in [-0.25, -0.2) is 4.98 Å². The molecule has 0 saturated carbocycles. The summed E-state index contributed by atoms with van der Waals surface area (Å²) in [5.41, 5.74) is 1.16. The third-order valence-electron chi connectivity index (χ3n) is 4.30. The molecule has 1 aliphatic rings. The minimum atomic E-state index is -0.784. The minimum Gasteiger partial charge on any atom is -0.507 e. The van der Waals surface area contributed by atoms with Crippen molar-refractivity contribution in [2.45, 2.75) is 6.04 Å². The van der Waals surface area contributed by atoms with E-state index in [1.54, 1.807) is 60.1 Å². The van der Waals surface area contributed by atoms with Crippen molar-refractivity contribution in [1.29, 1.82) is 0 Å². The predicted octanol–water partition coefficient (Wildman–Crippen LogP) is 4.42. The van der Waals surface area contributed by atoms with Gasteiger partial charge in [0.1, 0.15) is 5.76 Å². The van der Waals surface area contributed by atoms with Crippen molar-refractivity contribution < 1.29 is 14.7 Å². The van der Waals surface area contributed by atoms with Crippen LogP contribution in [0.25, 0.3) is 5.76 Å². The average Bonchev–Trinajstić information content (AvgIpc) is 3.30. The minimum absolute atomic E-state index is 0.0312. The molecule has 134 valence electrons. The average molecular weight is 397 g/mol. The molecule has 1 aromatic heterocycles. The molecule has 1 saturated heterocycles. The van der Waals surface area contributed by atoms with E-state index in [4.69, 9.17) is 11.6 Å². The maximum atomic E-state index is 12.8. The number of aliphatic hydroxyl groups excluding tert-OH is 1. The molecule has 1 amide bonds. The van der Waals surface area contributed by atoms with Crippen LogP contribution in [0.5, 0.6) is 0 Å². The molecule has 2 heterocycles. The summed E-state index contributed by atoms with van der Waals surface area (Å²) < 4.78 is 0. The largest absolute Gasteiger partial charge is 0.507 e. The molecule has 1 aliphatic heterocycles. The molecule has 0 radical (unpaired) electrons. The topological polar surface area (TPSA) is 70.5 Å². The number of nitrogens with zero attached hydrogens (tertiary/aromatic N) is 2. The number of ketones is 1. The SMILES string of the molecule is O=C1C(=O)N(c2nccs2)[C@H](c2ccc(Cl)cc2)C1=C(O)c1ccccc1. The summed E-state index contributed by atoms with van der Waals surface area (Å²) in [6, 6.07) is 14.7. The highest BCUT2D eigenvalue weighted by Crippen LogP contribution is 2.42. The van der Waals surface area contributed by atoms with Gasteiger partial charge in [0.25, 0.3) is 5.78 Å². The van der Waals surface area contributed by atoms with Crippen LogP contribution in [0.2, 0.25) is 5.02 Å². The van der Waals surface area contributed by atoms with Gasteiger partial charge in [-0.3, -0.25) is 14.5 Å². The van der Waals surface area contributed by atoms with Crippen molar-refractivity contribution in [3.63, 3.8) is 0 Å². The summed E-state index contributed by atoms with van der Waals surface area (Å²) >= 11 is 7.24. The zero-order valence-corrected chi connectivity index (χ0v) is 15.4. The second kappa shape index (κ2) is 6.98. The van der Waals surface area contributed by atoms with Crippen molar-refractivity contribution in [1.82, 2.24) is 4.98 Å². The number of thiazole rings is 1. The van der Waals surface area contributed by atoms with Gasteiger partial charge in [0, 0.05) is 22.2 Å². The Morgan fingerprint density at radius 3 is 2.41 bits per heavy atom. The van der Waals surface area contributed by atoms with Gasteiger partial charge in [-0.1, -0.05) is 54.1 Å². The number of anilines is 1. The van der Waals surface area contributed by atoms with Crippen LogP contribution in [0.3, 0.4) is 0 Å². The fourth-order valence-electron chi connectivity index (χ4n) is 3.08. The Morgan fingerprint density at radius 1 is 1.07 bits per heavy atom. The third kappa shape index (κ3) is 3.03. The zero-order valence-electron chi connectivity index (χ0n) is 13.9. The molecule has 0 spiro atoms. The number of hydrogen-bond donors (Lipinski definition) is 1. The van der Waals surface area contributed by atoms with Gasteiger partial charge >= 0.3 is 5.91 Å². The van der Waals surface area contributed by atoms with Crippen molar-refractivity contribution in [2.75, 3.05) is 4.90 Å². The van der Waals surface area contributed by atoms with Crippen molar-refractivity contribution in [3.05, 3.63) is 87.9 Å². The first kappa shape index (κ1) is 17.5. The third-order valence-corrected chi connectivity index (χ3v) is 5.33. The molecule has 1 N–H and O–H groups in total. The molecule has 1 atom stereocenters. The molecule has 0 bridgehead atoms. The molecular formula is C20H13ClN2O3S. The van der Waals surface area contributed by atoms with Gasteiger partial charge in [0.2, 0.25) is 0 Å². The molecular weight excluding hydrogens is 384 g/mol. The number of amides is 1. The van der Waals surface area contributed by atoms with E-state index < -0.39 is 17.7 Å². The first-order chi connectivity index (χ1) is 13.1. The first-order valence-corrected chi connectivity index (χ1v) is 9.35. The van der Waals surface area contributed by atoms with Crippen LogP contribution in [0.1, 0.15) is 17.2 Å². The lowest BCUT2D eigenvalue weighted by atomic mass is 9.95. The van der Waals surface area contributed by atoms with E-state index >= 15 is 0 Å². The molecule has 0 aliphatic carbocycles. The lowest BCUT2D eigenvalue weighted by molar-refractivity contribution is -0.132. The highest BCUT2D eigenvalue weighted by molar-refractivity contribution is 7.14. The summed E-state index contributed by atoms with van der Waals surface area (Å²) in [7, 11) is 0. The zero-order chi connectivity index (χ0) is 19.0. The van der Waals surface area contributed by atoms with E-state index in [1.807, 2.05) is 6.07 Å². The smallest absolute Gasteiger partial charge is 0.301 e. The lowest BCUT2D eigenvalue weighted by Gasteiger charge is -2.23. The number of aliphatic hydroxyl groups is 1. The fourth-order valence-corrected chi connectivity index (χ4v) is 3.87. The van der Waals surface area contributed by atoms with Gasteiger partial charge in [-0.15, -0.1) is 11.3 Å². The Morgan fingerprint density at radius 2 is 1.78 bits per heavy atom. The predicted molar refractivity (Wildman–Crippen MR) is 105 cm³/mol. The highest BCUT2D eigenvalue weighted by atomic mass is 35.5. The van der Waals surface area contributed by atoms with Gasteiger partial charge in [-0.05, 0) is 17.7 Å². The highest BCUT2D eigenvalue weighted by Gasteiger charge is 2.47. The Bertz CT molecular complexity index is 1030. The monoisotopic (exact) mass is 396 g/mol. The van der Waals surface area contributed by atoms with Crippen LogP contribution < -0.4 is 4.90 Å². The van der Waals surface area contributed by atoms with Crippen LogP contribution in [0.15, 0.2) is 71.7 Å². The molecule has 27 heavy (non-hydrogen) atoms. The molecule has 2 aromatic carbocycles. The second-order valence-electron chi connectivity index (χ2n) is 5.90. The lowest BCUT2D eigenvalue weighted by Crippen LogP contribution is -2.29. The van der Waals surface area contributed by atoms with Crippen LogP contribution in [-0.2, 0) is 9.59 Å². The summed E-state index contributed by atoms with van der Waals surface area (Å²) in [5.74, 6) is -1.68.